The van der Waals surface area contributed by atoms with Gasteiger partial charge in [-0.25, -0.2) is 5.43 Å². The van der Waals surface area contributed by atoms with E-state index in [2.05, 4.69) is 15.8 Å². The molecule has 0 radical (unpaired) electrons. The van der Waals surface area contributed by atoms with Gasteiger partial charge in [0.15, 0.2) is 0 Å². The van der Waals surface area contributed by atoms with Crippen LogP contribution in [0.15, 0.2) is 53.6 Å². The molecule has 2 rings (SSSR count). The summed E-state index contributed by atoms with van der Waals surface area (Å²) in [5, 5.41) is 7.06. The first-order valence-corrected chi connectivity index (χ1v) is 9.80. The third kappa shape index (κ3) is 6.91. The molecule has 29 heavy (non-hydrogen) atoms. The quantitative estimate of drug-likeness (QED) is 0.504. The van der Waals surface area contributed by atoms with Crippen LogP contribution >= 0.6 is 11.6 Å². The zero-order valence-corrected chi connectivity index (χ0v) is 17.7. The van der Waals surface area contributed by atoms with E-state index in [0.29, 0.717) is 10.6 Å². The van der Waals surface area contributed by atoms with Gasteiger partial charge >= 0.3 is 0 Å². The third-order valence-electron chi connectivity index (χ3n) is 3.97. The van der Waals surface area contributed by atoms with Crippen molar-refractivity contribution in [1.29, 1.82) is 0 Å². The van der Waals surface area contributed by atoms with E-state index in [-0.39, 0.29) is 12.0 Å². The lowest BCUT2D eigenvalue weighted by molar-refractivity contribution is -0.123. The molecule has 0 heterocycles. The van der Waals surface area contributed by atoms with Crippen molar-refractivity contribution in [3.63, 3.8) is 0 Å². The Labute approximate surface area is 176 Å². The number of halogens is 1. The van der Waals surface area contributed by atoms with Crippen LogP contribution in [-0.4, -0.2) is 30.2 Å². The van der Waals surface area contributed by atoms with Gasteiger partial charge in [0, 0.05) is 0 Å². The van der Waals surface area contributed by atoms with Gasteiger partial charge in [0.05, 0.1) is 22.9 Å². The van der Waals surface area contributed by atoms with E-state index in [1.807, 2.05) is 52.0 Å². The summed E-state index contributed by atoms with van der Waals surface area (Å²) in [5.41, 5.74) is 3.59. The summed E-state index contributed by atoms with van der Waals surface area (Å²) < 4.78 is 5.64. The lowest BCUT2D eigenvalue weighted by atomic mass is 10.0. The number of hydrogen-bond donors (Lipinski definition) is 2. The van der Waals surface area contributed by atoms with Crippen LogP contribution in [0.4, 0.5) is 0 Å². The third-order valence-corrected chi connectivity index (χ3v) is 4.30. The van der Waals surface area contributed by atoms with Crippen LogP contribution in [0.3, 0.4) is 0 Å². The molecule has 2 aromatic carbocycles. The Morgan fingerprint density at radius 1 is 1.07 bits per heavy atom. The Kier molecular flexibility index (Phi) is 8.21. The zero-order chi connectivity index (χ0) is 21.4. The number of carbonyl (C=O) groups excluding carboxylic acids is 2. The number of ether oxygens (including phenoxy) is 1. The summed E-state index contributed by atoms with van der Waals surface area (Å²) >= 11 is 6.06. The average Bonchev–Trinajstić information content (AvgIpc) is 2.65. The van der Waals surface area contributed by atoms with Crippen molar-refractivity contribution in [2.24, 2.45) is 11.0 Å². The monoisotopic (exact) mass is 415 g/mol. The minimum Gasteiger partial charge on any atom is -0.491 e. The summed E-state index contributed by atoms with van der Waals surface area (Å²) in [6.07, 6.45) is 1.59. The van der Waals surface area contributed by atoms with Gasteiger partial charge in [0.25, 0.3) is 11.8 Å². The summed E-state index contributed by atoms with van der Waals surface area (Å²) in [6, 6.07) is 13.3. The van der Waals surface area contributed by atoms with Crippen LogP contribution in [0.2, 0.25) is 5.02 Å². The molecule has 2 amide bonds. The van der Waals surface area contributed by atoms with Gasteiger partial charge < -0.3 is 10.1 Å². The van der Waals surface area contributed by atoms with Crippen LogP contribution in [-0.2, 0) is 4.79 Å². The molecule has 0 aromatic heterocycles. The topological polar surface area (TPSA) is 79.8 Å². The van der Waals surface area contributed by atoms with Crippen LogP contribution in [0.5, 0.6) is 5.75 Å². The van der Waals surface area contributed by atoms with Gasteiger partial charge in [0.2, 0.25) is 0 Å². The molecule has 2 N–H and O–H groups in total. The van der Waals surface area contributed by atoms with Gasteiger partial charge in [-0.05, 0) is 49.6 Å². The highest BCUT2D eigenvalue weighted by atomic mass is 35.5. The summed E-state index contributed by atoms with van der Waals surface area (Å²) in [7, 11) is 0. The van der Waals surface area contributed by atoms with E-state index in [4.69, 9.17) is 16.3 Å². The predicted octanol–water partition coefficient (Wildman–Crippen LogP) is 4.03. The first-order chi connectivity index (χ1) is 13.8. The number of rotatable bonds is 8. The first-order valence-electron chi connectivity index (χ1n) is 9.43. The maximum absolute atomic E-state index is 12.5. The van der Waals surface area contributed by atoms with Gasteiger partial charge in [-0.2, -0.15) is 5.10 Å². The molecule has 0 saturated heterocycles. The summed E-state index contributed by atoms with van der Waals surface area (Å²) in [5.74, 6) is -0.236. The highest BCUT2D eigenvalue weighted by molar-refractivity contribution is 6.33. The maximum Gasteiger partial charge on any atom is 0.262 e. The highest BCUT2D eigenvalue weighted by Crippen LogP contribution is 2.16. The Morgan fingerprint density at radius 2 is 1.79 bits per heavy atom. The second kappa shape index (κ2) is 10.6. The van der Waals surface area contributed by atoms with Gasteiger partial charge in [-0.1, -0.05) is 49.7 Å². The molecule has 1 unspecified atom stereocenters. The number of benzene rings is 2. The smallest absolute Gasteiger partial charge is 0.262 e. The number of amides is 2. The molecule has 0 aliphatic rings. The molecular formula is C22H26ClN3O3. The van der Waals surface area contributed by atoms with Crippen molar-refractivity contribution in [2.45, 2.75) is 39.8 Å². The molecule has 0 aliphatic heterocycles. The fourth-order valence-corrected chi connectivity index (χ4v) is 2.80. The van der Waals surface area contributed by atoms with E-state index in [9.17, 15) is 9.59 Å². The molecule has 0 aliphatic carbocycles. The number of hydrazone groups is 1. The van der Waals surface area contributed by atoms with Crippen molar-refractivity contribution in [2.75, 3.05) is 0 Å². The summed E-state index contributed by atoms with van der Waals surface area (Å²) in [4.78, 5) is 25.0. The van der Waals surface area contributed by atoms with Crippen molar-refractivity contribution < 1.29 is 14.3 Å². The molecule has 0 spiro atoms. The molecule has 154 valence electrons. The Balaban J connectivity index is 2.02. The molecule has 7 heteroatoms. The second-order valence-electron chi connectivity index (χ2n) is 7.15. The van der Waals surface area contributed by atoms with Crippen molar-refractivity contribution in [3.05, 3.63) is 64.7 Å². The van der Waals surface area contributed by atoms with Crippen LogP contribution < -0.4 is 15.5 Å². The molecule has 0 saturated carbocycles. The SMILES string of the molecule is CC(C)Oc1cccc(/C=N/NC(=O)C(NC(=O)c2ccccc2Cl)C(C)C)c1. The van der Waals surface area contributed by atoms with Crippen LogP contribution in [0.1, 0.15) is 43.6 Å². The molecular weight excluding hydrogens is 390 g/mol. The number of carbonyl (C=O) groups is 2. The van der Waals surface area contributed by atoms with Gasteiger partial charge in [0.1, 0.15) is 11.8 Å². The fourth-order valence-electron chi connectivity index (χ4n) is 2.58. The Morgan fingerprint density at radius 3 is 2.45 bits per heavy atom. The number of nitrogens with zero attached hydrogens (tertiary/aromatic N) is 1. The van der Waals surface area contributed by atoms with Crippen molar-refractivity contribution >= 4 is 29.6 Å². The van der Waals surface area contributed by atoms with E-state index in [0.717, 1.165) is 11.3 Å². The van der Waals surface area contributed by atoms with E-state index < -0.39 is 17.9 Å². The van der Waals surface area contributed by atoms with Crippen molar-refractivity contribution in [1.82, 2.24) is 10.7 Å². The fraction of sp³-hybridized carbons (Fsp3) is 0.318. The standard InChI is InChI=1S/C22H26ClN3O3/c1-14(2)20(25-21(27)18-10-5-6-11-19(18)23)22(28)26-24-13-16-8-7-9-17(12-16)29-15(3)4/h5-15,20H,1-4H3,(H,25,27)(H,26,28)/b24-13+. The minimum atomic E-state index is -0.758. The molecule has 2 aromatic rings. The Hall–Kier alpha value is -2.86. The predicted molar refractivity (Wildman–Crippen MR) is 115 cm³/mol. The maximum atomic E-state index is 12.5. The molecule has 6 nitrogen and oxygen atoms in total. The van der Waals surface area contributed by atoms with Crippen molar-refractivity contribution in [3.8, 4) is 5.75 Å². The van der Waals surface area contributed by atoms with Gasteiger partial charge in [-0.15, -0.1) is 0 Å². The highest BCUT2D eigenvalue weighted by Gasteiger charge is 2.25. The normalized spacial score (nSPS) is 12.2. The van der Waals surface area contributed by atoms with Gasteiger partial charge in [-0.3, -0.25) is 9.59 Å². The van der Waals surface area contributed by atoms with E-state index in [1.165, 1.54) is 6.21 Å². The lowest BCUT2D eigenvalue weighted by Crippen LogP contribution is -2.48. The van der Waals surface area contributed by atoms with E-state index in [1.54, 1.807) is 24.3 Å². The van der Waals surface area contributed by atoms with Crippen LogP contribution in [0.25, 0.3) is 0 Å². The van der Waals surface area contributed by atoms with E-state index >= 15 is 0 Å². The number of nitrogens with one attached hydrogen (secondary N) is 2. The molecule has 0 fully saturated rings. The largest absolute Gasteiger partial charge is 0.491 e. The molecule has 1 atom stereocenters. The molecule has 0 bridgehead atoms. The second-order valence-corrected chi connectivity index (χ2v) is 7.56. The first kappa shape index (κ1) is 22.4. The Bertz CT molecular complexity index is 881. The summed E-state index contributed by atoms with van der Waals surface area (Å²) in [6.45, 7) is 7.58. The average molecular weight is 416 g/mol. The van der Waals surface area contributed by atoms with Crippen LogP contribution in [0, 0.1) is 5.92 Å². The zero-order valence-electron chi connectivity index (χ0n) is 17.0. The minimum absolute atomic E-state index is 0.0652. The lowest BCUT2D eigenvalue weighted by Gasteiger charge is -2.20. The number of hydrogen-bond acceptors (Lipinski definition) is 4.